The Morgan fingerprint density at radius 2 is 2.14 bits per heavy atom. The number of hydrogen-bond donors (Lipinski definition) is 2. The number of aryl methyl sites for hydroxylation is 1. The van der Waals surface area contributed by atoms with Crippen molar-refractivity contribution in [2.45, 2.75) is 33.2 Å². The largest absolute Gasteiger partial charge is 0.480 e. The van der Waals surface area contributed by atoms with Gasteiger partial charge in [-0.25, -0.2) is 9.78 Å². The van der Waals surface area contributed by atoms with E-state index in [0.717, 1.165) is 0 Å². The molecule has 8 heteroatoms. The number of carbonyl (C=O) groups excluding carboxylic acids is 1. The number of aliphatic carboxylic acids is 1. The molecule has 2 rings (SSSR count). The van der Waals surface area contributed by atoms with Crippen LogP contribution in [0.4, 0.5) is 0 Å². The molecule has 118 valence electrons. The normalized spacial score (nSPS) is 12.5. The van der Waals surface area contributed by atoms with Gasteiger partial charge in [0, 0.05) is 17.3 Å². The Balaban J connectivity index is 2.33. The zero-order valence-electron chi connectivity index (χ0n) is 12.5. The molecule has 2 N–H and O–H groups in total. The Kier molecular flexibility index (Phi) is 4.60. The summed E-state index contributed by atoms with van der Waals surface area (Å²) in [6, 6.07) is -1.03. The Labute approximate surface area is 130 Å². The molecule has 0 aliphatic rings. The molecular weight excluding hydrogens is 306 g/mol. The summed E-state index contributed by atoms with van der Waals surface area (Å²) in [5.41, 5.74) is 0.0352. The van der Waals surface area contributed by atoms with Gasteiger partial charge in [0.1, 0.15) is 11.6 Å². The fraction of sp³-hybridized carbons (Fsp3) is 0.429. The molecule has 0 bridgehead atoms. The number of nitrogens with zero attached hydrogens (tertiary/aromatic N) is 2. The number of fused-ring (bicyclic) bond motifs is 1. The summed E-state index contributed by atoms with van der Waals surface area (Å²) in [6.45, 7) is 5.46. The van der Waals surface area contributed by atoms with E-state index in [1.54, 1.807) is 12.3 Å². The summed E-state index contributed by atoms with van der Waals surface area (Å²) in [5.74, 6) is -1.74. The zero-order valence-corrected chi connectivity index (χ0v) is 13.3. The van der Waals surface area contributed by atoms with Crippen LogP contribution in [0.1, 0.15) is 36.3 Å². The van der Waals surface area contributed by atoms with E-state index in [4.69, 9.17) is 5.11 Å². The molecule has 7 nitrogen and oxygen atoms in total. The van der Waals surface area contributed by atoms with Gasteiger partial charge in [-0.1, -0.05) is 13.8 Å². The van der Waals surface area contributed by atoms with Gasteiger partial charge >= 0.3 is 5.97 Å². The molecule has 0 aliphatic carbocycles. The van der Waals surface area contributed by atoms with E-state index in [2.05, 4.69) is 10.3 Å². The van der Waals surface area contributed by atoms with Crippen LogP contribution in [0.25, 0.3) is 4.96 Å². The SMILES string of the molecule is Cc1csc2ncc(C(=O)NC(CC(C)C)C(=O)O)c(=O)n12. The Bertz CT molecular complexity index is 778. The van der Waals surface area contributed by atoms with Gasteiger partial charge in [-0.3, -0.25) is 14.0 Å². The van der Waals surface area contributed by atoms with Gasteiger partial charge in [0.15, 0.2) is 4.96 Å². The van der Waals surface area contributed by atoms with Crippen LogP contribution in [0.15, 0.2) is 16.4 Å². The maximum Gasteiger partial charge on any atom is 0.326 e. The van der Waals surface area contributed by atoms with Crippen molar-refractivity contribution < 1.29 is 14.7 Å². The van der Waals surface area contributed by atoms with Crippen molar-refractivity contribution in [1.29, 1.82) is 0 Å². The second kappa shape index (κ2) is 6.27. The number of nitrogens with one attached hydrogen (secondary N) is 1. The van der Waals surface area contributed by atoms with E-state index < -0.39 is 23.5 Å². The second-order valence-electron chi connectivity index (χ2n) is 5.47. The number of carboxylic acid groups (broad SMARTS) is 1. The van der Waals surface area contributed by atoms with Crippen molar-refractivity contribution in [2.75, 3.05) is 0 Å². The lowest BCUT2D eigenvalue weighted by molar-refractivity contribution is -0.139. The highest BCUT2D eigenvalue weighted by Gasteiger charge is 2.24. The maximum atomic E-state index is 12.3. The molecule has 0 saturated carbocycles. The monoisotopic (exact) mass is 323 g/mol. The summed E-state index contributed by atoms with van der Waals surface area (Å²) in [7, 11) is 0. The highest BCUT2D eigenvalue weighted by Crippen LogP contribution is 2.11. The smallest absolute Gasteiger partial charge is 0.326 e. The first-order valence-corrected chi connectivity index (χ1v) is 7.68. The molecule has 0 spiro atoms. The predicted octanol–water partition coefficient (Wildman–Crippen LogP) is 1.29. The summed E-state index contributed by atoms with van der Waals surface area (Å²) >= 11 is 1.30. The van der Waals surface area contributed by atoms with Crippen molar-refractivity contribution in [3.8, 4) is 0 Å². The van der Waals surface area contributed by atoms with Gasteiger partial charge in [-0.15, -0.1) is 11.3 Å². The number of amides is 1. The third-order valence-electron chi connectivity index (χ3n) is 3.17. The fourth-order valence-electron chi connectivity index (χ4n) is 2.11. The number of rotatable bonds is 5. The first-order chi connectivity index (χ1) is 10.3. The molecule has 1 amide bonds. The van der Waals surface area contributed by atoms with E-state index in [1.165, 1.54) is 21.9 Å². The van der Waals surface area contributed by atoms with Crippen molar-refractivity contribution in [2.24, 2.45) is 5.92 Å². The average Bonchev–Trinajstić information content (AvgIpc) is 2.80. The van der Waals surface area contributed by atoms with Crippen LogP contribution in [0.3, 0.4) is 0 Å². The van der Waals surface area contributed by atoms with Gasteiger partial charge < -0.3 is 10.4 Å². The molecule has 22 heavy (non-hydrogen) atoms. The van der Waals surface area contributed by atoms with Crippen LogP contribution in [0.5, 0.6) is 0 Å². The molecular formula is C14H17N3O4S. The molecule has 2 aromatic rings. The van der Waals surface area contributed by atoms with E-state index in [0.29, 0.717) is 10.7 Å². The number of hydrogen-bond acceptors (Lipinski definition) is 5. The number of aromatic nitrogens is 2. The molecule has 2 heterocycles. The summed E-state index contributed by atoms with van der Waals surface area (Å²) in [5, 5.41) is 13.3. The molecule has 1 atom stereocenters. The highest BCUT2D eigenvalue weighted by atomic mass is 32.1. The average molecular weight is 323 g/mol. The fourth-order valence-corrected chi connectivity index (χ4v) is 2.94. The molecule has 1 unspecified atom stereocenters. The summed E-state index contributed by atoms with van der Waals surface area (Å²) in [6.07, 6.45) is 1.48. The van der Waals surface area contributed by atoms with E-state index in [9.17, 15) is 14.4 Å². The summed E-state index contributed by atoms with van der Waals surface area (Å²) < 4.78 is 1.35. The quantitative estimate of drug-likeness (QED) is 0.863. The molecule has 0 aliphatic heterocycles. The number of carbonyl (C=O) groups is 2. The van der Waals surface area contributed by atoms with Gasteiger partial charge in [0.2, 0.25) is 0 Å². The molecule has 0 aromatic carbocycles. The first-order valence-electron chi connectivity index (χ1n) is 6.80. The number of carboxylic acids is 1. The molecule has 0 saturated heterocycles. The van der Waals surface area contributed by atoms with Crippen molar-refractivity contribution in [1.82, 2.24) is 14.7 Å². The van der Waals surface area contributed by atoms with Crippen LogP contribution < -0.4 is 10.9 Å². The minimum Gasteiger partial charge on any atom is -0.480 e. The molecule has 2 aromatic heterocycles. The Morgan fingerprint density at radius 3 is 2.73 bits per heavy atom. The van der Waals surface area contributed by atoms with E-state index in [-0.39, 0.29) is 17.9 Å². The lowest BCUT2D eigenvalue weighted by Crippen LogP contribution is -2.43. The van der Waals surface area contributed by atoms with Crippen LogP contribution in [0, 0.1) is 12.8 Å². The van der Waals surface area contributed by atoms with Crippen molar-refractivity contribution >= 4 is 28.2 Å². The predicted molar refractivity (Wildman–Crippen MR) is 82.4 cm³/mol. The van der Waals surface area contributed by atoms with Crippen LogP contribution >= 0.6 is 11.3 Å². The number of thiazole rings is 1. The molecule has 0 fully saturated rings. The van der Waals surface area contributed by atoms with Crippen LogP contribution in [0.2, 0.25) is 0 Å². The van der Waals surface area contributed by atoms with Crippen molar-refractivity contribution in [3.63, 3.8) is 0 Å². The Morgan fingerprint density at radius 1 is 1.45 bits per heavy atom. The van der Waals surface area contributed by atoms with Gasteiger partial charge in [-0.2, -0.15) is 0 Å². The standard InChI is InChI=1S/C14H17N3O4S/c1-7(2)4-10(13(20)21)16-11(18)9-5-15-14-17(12(9)19)8(3)6-22-14/h5-7,10H,4H2,1-3H3,(H,16,18)(H,20,21). The minimum atomic E-state index is -1.12. The minimum absolute atomic E-state index is 0.0993. The Hall–Kier alpha value is -2.22. The summed E-state index contributed by atoms with van der Waals surface area (Å²) in [4.78, 5) is 40.3. The first kappa shape index (κ1) is 16.2. The van der Waals surface area contributed by atoms with Gasteiger partial charge in [-0.05, 0) is 19.3 Å². The van der Waals surface area contributed by atoms with Crippen molar-refractivity contribution in [3.05, 3.63) is 33.2 Å². The lowest BCUT2D eigenvalue weighted by Gasteiger charge is -2.16. The third kappa shape index (κ3) is 3.16. The van der Waals surface area contributed by atoms with Gasteiger partial charge in [0.25, 0.3) is 11.5 Å². The van der Waals surface area contributed by atoms with Crippen LogP contribution in [-0.4, -0.2) is 32.4 Å². The maximum absolute atomic E-state index is 12.3. The topological polar surface area (TPSA) is 101 Å². The molecule has 0 radical (unpaired) electrons. The highest BCUT2D eigenvalue weighted by molar-refractivity contribution is 7.15. The zero-order chi connectivity index (χ0) is 16.4. The third-order valence-corrected chi connectivity index (χ3v) is 4.13. The van der Waals surface area contributed by atoms with Gasteiger partial charge in [0.05, 0.1) is 0 Å². The van der Waals surface area contributed by atoms with Crippen LogP contribution in [-0.2, 0) is 4.79 Å². The lowest BCUT2D eigenvalue weighted by atomic mass is 10.0. The van der Waals surface area contributed by atoms with E-state index >= 15 is 0 Å². The second-order valence-corrected chi connectivity index (χ2v) is 6.30. The van der Waals surface area contributed by atoms with E-state index in [1.807, 2.05) is 13.8 Å².